The van der Waals surface area contributed by atoms with E-state index in [1.165, 1.54) is 0 Å². The van der Waals surface area contributed by atoms with E-state index in [1.807, 2.05) is 39.8 Å². The lowest BCUT2D eigenvalue weighted by Gasteiger charge is -2.18. The number of benzene rings is 1. The number of ether oxygens (including phenoxy) is 1. The van der Waals surface area contributed by atoms with Gasteiger partial charge in [-0.3, -0.25) is 4.79 Å². The van der Waals surface area contributed by atoms with Crippen molar-refractivity contribution in [3.8, 4) is 5.75 Å². The molecule has 0 atom stereocenters. The molecule has 19 heavy (non-hydrogen) atoms. The highest BCUT2D eigenvalue weighted by Gasteiger charge is 2.15. The van der Waals surface area contributed by atoms with Crippen LogP contribution in [0.3, 0.4) is 0 Å². The first-order chi connectivity index (χ1) is 8.73. The number of anilines is 1. The average Bonchev–Trinajstić information content (AvgIpc) is 2.30. The molecule has 0 bridgehead atoms. The number of carbonyl (C=O) groups excluding carboxylic acids is 1. The van der Waals surface area contributed by atoms with Crippen LogP contribution in [-0.2, 0) is 4.79 Å². The molecule has 106 valence electrons. The van der Waals surface area contributed by atoms with Crippen LogP contribution in [0, 0.1) is 13.8 Å². The molecule has 0 aromatic heterocycles. The number of amides is 1. The van der Waals surface area contributed by atoms with Gasteiger partial charge in [-0.1, -0.05) is 0 Å². The summed E-state index contributed by atoms with van der Waals surface area (Å²) < 4.78 is 5.29. The van der Waals surface area contributed by atoms with Gasteiger partial charge in [0.2, 0.25) is 5.91 Å². The maximum atomic E-state index is 11.9. The Labute approximate surface area is 115 Å². The lowest BCUT2D eigenvalue weighted by Crippen LogP contribution is -2.33. The number of nitrogens with one attached hydrogen (secondary N) is 1. The first-order valence-electron chi connectivity index (χ1n) is 6.47. The average molecular weight is 264 g/mol. The highest BCUT2D eigenvalue weighted by molar-refractivity contribution is 5.92. The molecule has 0 saturated heterocycles. The van der Waals surface area contributed by atoms with Crippen LogP contribution in [0.15, 0.2) is 12.1 Å². The van der Waals surface area contributed by atoms with E-state index in [2.05, 4.69) is 5.32 Å². The van der Waals surface area contributed by atoms with Crippen molar-refractivity contribution in [1.29, 1.82) is 0 Å². The summed E-state index contributed by atoms with van der Waals surface area (Å²) in [6.07, 6.45) is 1.05. The van der Waals surface area contributed by atoms with Crippen molar-refractivity contribution in [3.63, 3.8) is 0 Å². The van der Waals surface area contributed by atoms with Gasteiger partial charge in [0.05, 0.1) is 12.8 Å². The van der Waals surface area contributed by atoms with Crippen molar-refractivity contribution >= 4 is 11.6 Å². The lowest BCUT2D eigenvalue weighted by atomic mass is 10.00. The van der Waals surface area contributed by atoms with Crippen molar-refractivity contribution < 1.29 is 9.53 Å². The number of nitrogens with two attached hydrogens (primary N) is 1. The Kier molecular flexibility index (Phi) is 4.95. The van der Waals surface area contributed by atoms with Crippen LogP contribution >= 0.6 is 0 Å². The van der Waals surface area contributed by atoms with Gasteiger partial charge in [-0.2, -0.15) is 0 Å². The molecule has 0 spiro atoms. The van der Waals surface area contributed by atoms with E-state index in [0.29, 0.717) is 24.3 Å². The fourth-order valence-corrected chi connectivity index (χ4v) is 1.70. The van der Waals surface area contributed by atoms with Gasteiger partial charge in [0.15, 0.2) is 0 Å². The third kappa shape index (κ3) is 4.91. The first-order valence-corrected chi connectivity index (χ1v) is 6.47. The quantitative estimate of drug-likeness (QED) is 0.859. The van der Waals surface area contributed by atoms with Gasteiger partial charge in [0.1, 0.15) is 5.75 Å². The molecular weight excluding hydrogens is 240 g/mol. The fourth-order valence-electron chi connectivity index (χ4n) is 1.70. The summed E-state index contributed by atoms with van der Waals surface area (Å²) in [6, 6.07) is 3.86. The predicted molar refractivity (Wildman–Crippen MR) is 78.6 cm³/mol. The molecule has 0 aliphatic rings. The van der Waals surface area contributed by atoms with E-state index in [-0.39, 0.29) is 11.4 Å². The maximum absolute atomic E-state index is 11.9. The number of hydrogen-bond acceptors (Lipinski definition) is 3. The first kappa shape index (κ1) is 15.5. The second-order valence-electron chi connectivity index (χ2n) is 5.67. The minimum absolute atomic E-state index is 0.0416. The molecule has 3 N–H and O–H groups in total. The number of methoxy groups -OCH3 is 1. The zero-order valence-corrected chi connectivity index (χ0v) is 12.5. The van der Waals surface area contributed by atoms with Gasteiger partial charge >= 0.3 is 0 Å². The minimum atomic E-state index is -0.329. The van der Waals surface area contributed by atoms with Crippen LogP contribution < -0.4 is 15.8 Å². The summed E-state index contributed by atoms with van der Waals surface area (Å²) in [5.41, 5.74) is 8.51. The molecule has 0 unspecified atom stereocenters. The summed E-state index contributed by atoms with van der Waals surface area (Å²) in [7, 11) is 1.60. The summed E-state index contributed by atoms with van der Waals surface area (Å²) in [6.45, 7) is 7.85. The topological polar surface area (TPSA) is 64.3 Å². The number of hydrogen-bond donors (Lipinski definition) is 2. The summed E-state index contributed by atoms with van der Waals surface area (Å²) in [4.78, 5) is 11.9. The van der Waals surface area contributed by atoms with E-state index >= 15 is 0 Å². The second-order valence-corrected chi connectivity index (χ2v) is 5.67. The molecular formula is C15H24N2O2. The third-order valence-corrected chi connectivity index (χ3v) is 3.09. The van der Waals surface area contributed by atoms with Gasteiger partial charge in [-0.15, -0.1) is 0 Å². The Hall–Kier alpha value is -1.55. The van der Waals surface area contributed by atoms with Crippen molar-refractivity contribution in [2.45, 2.75) is 46.1 Å². The Bertz CT molecular complexity index is 462. The number of aryl methyl sites for hydroxylation is 2. The molecule has 0 saturated carbocycles. The maximum Gasteiger partial charge on any atom is 0.224 e. The molecule has 0 fully saturated rings. The predicted octanol–water partition coefficient (Wildman–Crippen LogP) is 2.77. The smallest absolute Gasteiger partial charge is 0.224 e. The van der Waals surface area contributed by atoms with Crippen LogP contribution in [0.1, 0.15) is 37.8 Å². The Balaban J connectivity index is 2.76. The number of rotatable bonds is 5. The van der Waals surface area contributed by atoms with Gasteiger partial charge < -0.3 is 15.8 Å². The monoisotopic (exact) mass is 264 g/mol. The van der Waals surface area contributed by atoms with E-state index in [0.717, 1.165) is 11.1 Å². The molecule has 1 aromatic carbocycles. The largest absolute Gasteiger partial charge is 0.495 e. The standard InChI is InChI=1S/C15H24N2O2/c1-10-8-12(13(19-5)9-11(10)2)17-14(18)6-7-15(3,4)16/h8-9H,6-7,16H2,1-5H3,(H,17,18). The van der Waals surface area contributed by atoms with E-state index < -0.39 is 0 Å². The summed E-state index contributed by atoms with van der Waals surface area (Å²) >= 11 is 0. The van der Waals surface area contributed by atoms with Crippen molar-refractivity contribution in [2.24, 2.45) is 5.73 Å². The Morgan fingerprint density at radius 2 is 1.89 bits per heavy atom. The fraction of sp³-hybridized carbons (Fsp3) is 0.533. The minimum Gasteiger partial charge on any atom is -0.495 e. The molecule has 0 heterocycles. The van der Waals surface area contributed by atoms with Gasteiger partial charge in [0.25, 0.3) is 0 Å². The summed E-state index contributed by atoms with van der Waals surface area (Å²) in [5, 5.41) is 2.88. The molecule has 1 rings (SSSR count). The molecule has 4 heteroatoms. The highest BCUT2D eigenvalue weighted by atomic mass is 16.5. The summed E-state index contributed by atoms with van der Waals surface area (Å²) in [5.74, 6) is 0.642. The molecule has 1 amide bonds. The Morgan fingerprint density at radius 1 is 1.32 bits per heavy atom. The molecule has 4 nitrogen and oxygen atoms in total. The van der Waals surface area contributed by atoms with Gasteiger partial charge in [-0.25, -0.2) is 0 Å². The second kappa shape index (κ2) is 6.06. The zero-order chi connectivity index (χ0) is 14.6. The zero-order valence-electron chi connectivity index (χ0n) is 12.5. The van der Waals surface area contributed by atoms with Crippen LogP contribution in [0.4, 0.5) is 5.69 Å². The normalized spacial score (nSPS) is 11.3. The van der Waals surface area contributed by atoms with Crippen LogP contribution in [0.25, 0.3) is 0 Å². The highest BCUT2D eigenvalue weighted by Crippen LogP contribution is 2.28. The molecule has 1 aromatic rings. The van der Waals surface area contributed by atoms with Gasteiger partial charge in [-0.05, 0) is 57.4 Å². The number of carbonyl (C=O) groups is 1. The molecule has 0 aliphatic carbocycles. The van der Waals surface area contributed by atoms with Crippen LogP contribution in [0.2, 0.25) is 0 Å². The van der Waals surface area contributed by atoms with E-state index in [9.17, 15) is 4.79 Å². The molecule has 0 radical (unpaired) electrons. The van der Waals surface area contributed by atoms with Gasteiger partial charge in [0, 0.05) is 12.0 Å². The SMILES string of the molecule is COc1cc(C)c(C)cc1NC(=O)CCC(C)(C)N. The third-order valence-electron chi connectivity index (χ3n) is 3.09. The molecule has 0 aliphatic heterocycles. The van der Waals surface area contributed by atoms with Crippen LogP contribution in [-0.4, -0.2) is 18.6 Å². The van der Waals surface area contributed by atoms with Crippen molar-refractivity contribution in [1.82, 2.24) is 0 Å². The van der Waals surface area contributed by atoms with Crippen LogP contribution in [0.5, 0.6) is 5.75 Å². The van der Waals surface area contributed by atoms with Crippen molar-refractivity contribution in [2.75, 3.05) is 12.4 Å². The van der Waals surface area contributed by atoms with E-state index in [4.69, 9.17) is 10.5 Å². The lowest BCUT2D eigenvalue weighted by molar-refractivity contribution is -0.116. The van der Waals surface area contributed by atoms with E-state index in [1.54, 1.807) is 7.11 Å². The Morgan fingerprint density at radius 3 is 2.42 bits per heavy atom. The van der Waals surface area contributed by atoms with Crippen molar-refractivity contribution in [3.05, 3.63) is 23.3 Å².